The van der Waals surface area contributed by atoms with Crippen molar-refractivity contribution in [3.63, 3.8) is 0 Å². The summed E-state index contributed by atoms with van der Waals surface area (Å²) in [6.45, 7) is 1.71. The Kier molecular flexibility index (Phi) is 5.10. The van der Waals surface area contributed by atoms with Gasteiger partial charge in [-0.25, -0.2) is 18.2 Å². The molecule has 0 spiro atoms. The van der Waals surface area contributed by atoms with Gasteiger partial charge >= 0.3 is 5.97 Å². The van der Waals surface area contributed by atoms with Gasteiger partial charge in [-0.1, -0.05) is 6.92 Å². The lowest BCUT2D eigenvalue weighted by atomic mass is 10.3. The van der Waals surface area contributed by atoms with E-state index in [0.29, 0.717) is 0 Å². The van der Waals surface area contributed by atoms with Crippen molar-refractivity contribution in [2.24, 2.45) is 5.92 Å². The standard InChI is InChI=1S/C11H14ClNO4S/c1-8(6-12)7-18(15,16)10-9(11(14)17-2)4-3-5-13-10/h3-5,8H,6-7H2,1-2H3. The van der Waals surface area contributed by atoms with Crippen LogP contribution in [0.1, 0.15) is 17.3 Å². The van der Waals surface area contributed by atoms with Crippen molar-refractivity contribution < 1.29 is 17.9 Å². The van der Waals surface area contributed by atoms with E-state index < -0.39 is 15.8 Å². The average Bonchev–Trinajstić information content (AvgIpc) is 2.37. The molecule has 0 aromatic carbocycles. The summed E-state index contributed by atoms with van der Waals surface area (Å²) in [7, 11) is -2.47. The molecule has 1 aromatic rings. The van der Waals surface area contributed by atoms with Gasteiger partial charge in [0.1, 0.15) is 0 Å². The molecule has 1 aromatic heterocycles. The molecule has 0 amide bonds. The number of aromatic nitrogens is 1. The average molecular weight is 292 g/mol. The highest BCUT2D eigenvalue weighted by Crippen LogP contribution is 2.17. The summed E-state index contributed by atoms with van der Waals surface area (Å²) in [5.74, 6) is -0.874. The third kappa shape index (κ3) is 3.43. The lowest BCUT2D eigenvalue weighted by Gasteiger charge is -2.10. The molecule has 0 saturated heterocycles. The first-order valence-electron chi connectivity index (χ1n) is 5.24. The molecule has 0 aliphatic heterocycles. The van der Waals surface area contributed by atoms with Gasteiger partial charge in [-0.15, -0.1) is 11.6 Å². The topological polar surface area (TPSA) is 73.3 Å². The molecule has 0 aliphatic rings. The Morgan fingerprint density at radius 1 is 1.56 bits per heavy atom. The highest BCUT2D eigenvalue weighted by molar-refractivity contribution is 7.91. The van der Waals surface area contributed by atoms with Crippen molar-refractivity contribution in [3.8, 4) is 0 Å². The largest absolute Gasteiger partial charge is 0.465 e. The van der Waals surface area contributed by atoms with Gasteiger partial charge in [0.2, 0.25) is 0 Å². The SMILES string of the molecule is COC(=O)c1cccnc1S(=O)(=O)CC(C)CCl. The van der Waals surface area contributed by atoms with Gasteiger partial charge in [0.25, 0.3) is 0 Å². The number of carbonyl (C=O) groups excluding carboxylic acids is 1. The Balaban J connectivity index is 3.20. The van der Waals surface area contributed by atoms with Gasteiger partial charge in [0.15, 0.2) is 14.9 Å². The molecule has 100 valence electrons. The summed E-state index contributed by atoms with van der Waals surface area (Å²) < 4.78 is 28.8. The zero-order valence-corrected chi connectivity index (χ0v) is 11.7. The smallest absolute Gasteiger partial charge is 0.340 e. The van der Waals surface area contributed by atoms with Crippen LogP contribution >= 0.6 is 11.6 Å². The number of hydrogen-bond donors (Lipinski definition) is 0. The summed E-state index contributed by atoms with van der Waals surface area (Å²) >= 11 is 5.60. The first kappa shape index (κ1) is 14.9. The Labute approximate surface area is 111 Å². The number of pyridine rings is 1. The normalized spacial score (nSPS) is 13.1. The predicted octanol–water partition coefficient (Wildman–Crippen LogP) is 1.52. The molecule has 0 aliphatic carbocycles. The maximum Gasteiger partial charge on any atom is 0.340 e. The van der Waals surface area contributed by atoms with Crippen molar-refractivity contribution in [2.75, 3.05) is 18.7 Å². The fourth-order valence-corrected chi connectivity index (χ4v) is 3.37. The summed E-state index contributed by atoms with van der Waals surface area (Å²) in [6.07, 6.45) is 1.32. The van der Waals surface area contributed by atoms with E-state index in [4.69, 9.17) is 11.6 Å². The first-order valence-corrected chi connectivity index (χ1v) is 7.43. The van der Waals surface area contributed by atoms with Crippen LogP contribution in [0.15, 0.2) is 23.4 Å². The van der Waals surface area contributed by atoms with Gasteiger partial charge < -0.3 is 4.74 Å². The summed E-state index contributed by atoms with van der Waals surface area (Å²) in [5.41, 5.74) is -0.0539. The number of nitrogens with zero attached hydrogens (tertiary/aromatic N) is 1. The molecule has 5 nitrogen and oxygen atoms in total. The molecule has 1 atom stereocenters. The second kappa shape index (κ2) is 6.15. The number of sulfone groups is 1. The number of carbonyl (C=O) groups is 1. The zero-order chi connectivity index (χ0) is 13.8. The van der Waals surface area contributed by atoms with Crippen LogP contribution in [0.5, 0.6) is 0 Å². The van der Waals surface area contributed by atoms with E-state index in [2.05, 4.69) is 9.72 Å². The van der Waals surface area contributed by atoms with Crippen molar-refractivity contribution in [2.45, 2.75) is 11.9 Å². The fraction of sp³-hybridized carbons (Fsp3) is 0.455. The molecule has 7 heteroatoms. The molecule has 0 saturated carbocycles. The maximum absolute atomic E-state index is 12.1. The van der Waals surface area contributed by atoms with Crippen LogP contribution in [-0.2, 0) is 14.6 Å². The van der Waals surface area contributed by atoms with Crippen molar-refractivity contribution >= 4 is 27.4 Å². The number of hydrogen-bond acceptors (Lipinski definition) is 5. The molecule has 0 fully saturated rings. The van der Waals surface area contributed by atoms with Crippen LogP contribution in [0.3, 0.4) is 0 Å². The van der Waals surface area contributed by atoms with E-state index in [1.807, 2.05) is 0 Å². The monoisotopic (exact) mass is 291 g/mol. The van der Waals surface area contributed by atoms with Crippen LogP contribution < -0.4 is 0 Å². The number of esters is 1. The number of methoxy groups -OCH3 is 1. The van der Waals surface area contributed by atoms with Crippen molar-refractivity contribution in [1.29, 1.82) is 0 Å². The highest BCUT2D eigenvalue weighted by atomic mass is 35.5. The minimum absolute atomic E-state index is 0.0539. The third-order valence-corrected chi connectivity index (χ3v) is 4.69. The summed E-state index contributed by atoms with van der Waals surface area (Å²) in [4.78, 5) is 15.3. The number of rotatable bonds is 5. The van der Waals surface area contributed by atoms with Crippen LogP contribution in [0.25, 0.3) is 0 Å². The highest BCUT2D eigenvalue weighted by Gasteiger charge is 2.26. The minimum Gasteiger partial charge on any atom is -0.465 e. The van der Waals surface area contributed by atoms with Gasteiger partial charge in [0.05, 0.1) is 18.4 Å². The van der Waals surface area contributed by atoms with Gasteiger partial charge in [0, 0.05) is 12.1 Å². The first-order chi connectivity index (χ1) is 8.42. The van der Waals surface area contributed by atoms with Crippen LogP contribution in [0.2, 0.25) is 0 Å². The molecular weight excluding hydrogens is 278 g/mol. The van der Waals surface area contributed by atoms with Crippen LogP contribution in [0, 0.1) is 5.92 Å². The predicted molar refractivity (Wildman–Crippen MR) is 67.5 cm³/mol. The Bertz CT molecular complexity index is 530. The Morgan fingerprint density at radius 2 is 2.22 bits per heavy atom. The molecule has 1 unspecified atom stereocenters. The summed E-state index contributed by atoms with van der Waals surface area (Å²) in [6, 6.07) is 2.85. The lowest BCUT2D eigenvalue weighted by Crippen LogP contribution is -2.19. The van der Waals surface area contributed by atoms with E-state index in [-0.39, 0.29) is 28.1 Å². The molecular formula is C11H14ClNO4S. The summed E-state index contributed by atoms with van der Waals surface area (Å²) in [5, 5.41) is -0.256. The van der Waals surface area contributed by atoms with Crippen LogP contribution in [-0.4, -0.2) is 38.1 Å². The quantitative estimate of drug-likeness (QED) is 0.607. The van der Waals surface area contributed by atoms with Gasteiger partial charge in [-0.05, 0) is 18.1 Å². The third-order valence-electron chi connectivity index (χ3n) is 2.24. The Morgan fingerprint density at radius 3 is 2.78 bits per heavy atom. The van der Waals surface area contributed by atoms with E-state index in [0.717, 1.165) is 0 Å². The van der Waals surface area contributed by atoms with Gasteiger partial charge in [-0.2, -0.15) is 0 Å². The van der Waals surface area contributed by atoms with Gasteiger partial charge in [-0.3, -0.25) is 0 Å². The molecule has 0 N–H and O–H groups in total. The van der Waals surface area contributed by atoms with Crippen molar-refractivity contribution in [1.82, 2.24) is 4.98 Å². The molecule has 0 bridgehead atoms. The van der Waals surface area contributed by atoms with E-state index in [1.165, 1.54) is 25.4 Å². The lowest BCUT2D eigenvalue weighted by molar-refractivity contribution is 0.0595. The van der Waals surface area contributed by atoms with Crippen molar-refractivity contribution in [3.05, 3.63) is 23.9 Å². The molecule has 1 rings (SSSR count). The van der Waals surface area contributed by atoms with E-state index in [9.17, 15) is 13.2 Å². The fourth-order valence-electron chi connectivity index (χ4n) is 1.40. The zero-order valence-electron chi connectivity index (χ0n) is 10.1. The second-order valence-corrected chi connectivity index (χ2v) is 6.15. The number of halogens is 1. The molecule has 1 heterocycles. The van der Waals surface area contributed by atoms with Crippen LogP contribution in [0.4, 0.5) is 0 Å². The Hall–Kier alpha value is -1.14. The number of alkyl halides is 1. The molecule has 18 heavy (non-hydrogen) atoms. The molecule has 0 radical (unpaired) electrons. The second-order valence-electron chi connectivity index (χ2n) is 3.89. The van der Waals surface area contributed by atoms with E-state index >= 15 is 0 Å². The maximum atomic E-state index is 12.1. The number of ether oxygens (including phenoxy) is 1. The minimum atomic E-state index is -3.65. The van der Waals surface area contributed by atoms with E-state index in [1.54, 1.807) is 6.92 Å².